The number of aromatic nitrogens is 1. The van der Waals surface area contributed by atoms with Crippen molar-refractivity contribution in [3.8, 4) is 5.75 Å². The molecule has 0 aliphatic heterocycles. The first-order chi connectivity index (χ1) is 10.6. The molecule has 8 heteroatoms. The number of anilines is 1. The van der Waals surface area contributed by atoms with Crippen LogP contribution in [0.4, 0.5) is 13.9 Å². The van der Waals surface area contributed by atoms with E-state index < -0.39 is 11.6 Å². The number of rotatable bonds is 6. The van der Waals surface area contributed by atoms with E-state index in [-0.39, 0.29) is 17.7 Å². The predicted octanol–water partition coefficient (Wildman–Crippen LogP) is 3.35. The van der Waals surface area contributed by atoms with E-state index in [1.165, 1.54) is 23.5 Å². The number of halogens is 2. The summed E-state index contributed by atoms with van der Waals surface area (Å²) < 4.78 is 32.9. The molecule has 0 saturated heterocycles. The van der Waals surface area contributed by atoms with E-state index in [9.17, 15) is 8.78 Å². The fourth-order valence-corrected chi connectivity index (χ4v) is 2.60. The largest absolute Gasteiger partial charge is 0.491 e. The van der Waals surface area contributed by atoms with Crippen LogP contribution in [0.15, 0.2) is 23.7 Å². The first kappa shape index (κ1) is 16.6. The average Bonchev–Trinajstić information content (AvgIpc) is 2.98. The molecule has 118 valence electrons. The van der Waals surface area contributed by atoms with Crippen LogP contribution in [0, 0.1) is 11.6 Å². The number of nitrogens with one attached hydrogen (secondary N) is 2. The normalized spacial score (nSPS) is 10.3. The van der Waals surface area contributed by atoms with Gasteiger partial charge in [-0.05, 0) is 37.7 Å². The maximum absolute atomic E-state index is 14.1. The molecule has 0 spiro atoms. The second-order valence-electron chi connectivity index (χ2n) is 4.24. The topological polar surface area (TPSA) is 46.2 Å². The van der Waals surface area contributed by atoms with Crippen molar-refractivity contribution in [3.63, 3.8) is 0 Å². The summed E-state index contributed by atoms with van der Waals surface area (Å²) in [5.74, 6) is -1.20. The summed E-state index contributed by atoms with van der Waals surface area (Å²) in [6, 6.07) is 2.50. The van der Waals surface area contributed by atoms with Crippen molar-refractivity contribution in [3.05, 3.63) is 40.9 Å². The molecule has 0 saturated carbocycles. The van der Waals surface area contributed by atoms with E-state index >= 15 is 0 Å². The Hall–Kier alpha value is -1.80. The van der Waals surface area contributed by atoms with Gasteiger partial charge in [0.1, 0.15) is 5.82 Å². The van der Waals surface area contributed by atoms with Gasteiger partial charge in [-0.1, -0.05) is 0 Å². The summed E-state index contributed by atoms with van der Waals surface area (Å²) in [7, 11) is 0. The van der Waals surface area contributed by atoms with Crippen molar-refractivity contribution >= 4 is 33.8 Å². The maximum atomic E-state index is 14.1. The van der Waals surface area contributed by atoms with Crippen LogP contribution in [0.5, 0.6) is 5.75 Å². The van der Waals surface area contributed by atoms with Crippen molar-refractivity contribution in [2.45, 2.75) is 13.3 Å². The molecule has 22 heavy (non-hydrogen) atoms. The van der Waals surface area contributed by atoms with Crippen LogP contribution >= 0.6 is 23.6 Å². The molecule has 2 N–H and O–H groups in total. The highest BCUT2D eigenvalue weighted by molar-refractivity contribution is 7.80. The Bertz CT molecular complexity index is 635. The second-order valence-corrected chi connectivity index (χ2v) is 5.54. The number of hydrogen-bond donors (Lipinski definition) is 2. The molecule has 1 aromatic carbocycles. The summed E-state index contributed by atoms with van der Waals surface area (Å²) in [6.45, 7) is 2.36. The lowest BCUT2D eigenvalue weighted by molar-refractivity contribution is 0.318. The van der Waals surface area contributed by atoms with Crippen molar-refractivity contribution < 1.29 is 13.5 Å². The standard InChI is InChI=1S/C14H15F2N3OS2/c1-2-20-11-4-3-10(15)9(12(11)16)5-6-17-13(21)19-14-18-7-8-22-14/h3-4,7-8H,2,5-6H2,1H3,(H2,17,18,19,21). The minimum Gasteiger partial charge on any atom is -0.491 e. The minimum absolute atomic E-state index is 0.0181. The molecule has 0 unspecified atom stereocenters. The molecule has 0 atom stereocenters. The lowest BCUT2D eigenvalue weighted by atomic mass is 10.1. The summed E-state index contributed by atoms with van der Waals surface area (Å²) in [6.07, 6.45) is 1.80. The van der Waals surface area contributed by atoms with Gasteiger partial charge in [0, 0.05) is 23.7 Å². The highest BCUT2D eigenvalue weighted by Gasteiger charge is 2.14. The van der Waals surface area contributed by atoms with Gasteiger partial charge in [0.05, 0.1) is 6.61 Å². The molecule has 0 amide bonds. The number of thiocarbonyl (C=S) groups is 1. The maximum Gasteiger partial charge on any atom is 0.188 e. The van der Waals surface area contributed by atoms with Crippen LogP contribution < -0.4 is 15.4 Å². The number of nitrogens with zero attached hydrogens (tertiary/aromatic N) is 1. The van der Waals surface area contributed by atoms with Crippen molar-refractivity contribution in [1.82, 2.24) is 10.3 Å². The van der Waals surface area contributed by atoms with Gasteiger partial charge in [-0.15, -0.1) is 11.3 Å². The third kappa shape index (κ3) is 4.35. The van der Waals surface area contributed by atoms with Crippen LogP contribution in [-0.2, 0) is 6.42 Å². The van der Waals surface area contributed by atoms with Gasteiger partial charge in [-0.25, -0.2) is 13.8 Å². The lowest BCUT2D eigenvalue weighted by Crippen LogP contribution is -2.30. The monoisotopic (exact) mass is 343 g/mol. The Morgan fingerprint density at radius 1 is 1.41 bits per heavy atom. The van der Waals surface area contributed by atoms with Gasteiger partial charge in [0.25, 0.3) is 0 Å². The van der Waals surface area contributed by atoms with Crippen LogP contribution in [-0.4, -0.2) is 23.2 Å². The number of ether oxygens (including phenoxy) is 1. The summed E-state index contributed by atoms with van der Waals surface area (Å²) in [5.41, 5.74) is -0.0181. The molecule has 1 aromatic heterocycles. The number of thiazole rings is 1. The Labute approximate surface area is 136 Å². The fourth-order valence-electron chi connectivity index (χ4n) is 1.80. The van der Waals surface area contributed by atoms with E-state index in [2.05, 4.69) is 15.6 Å². The van der Waals surface area contributed by atoms with Crippen molar-refractivity contribution in [2.24, 2.45) is 0 Å². The van der Waals surface area contributed by atoms with Crippen LogP contribution in [0.1, 0.15) is 12.5 Å². The first-order valence-corrected chi connectivity index (χ1v) is 7.94. The molecule has 0 aliphatic carbocycles. The number of hydrogen-bond acceptors (Lipinski definition) is 4. The minimum atomic E-state index is -0.664. The molecule has 2 aromatic rings. The summed E-state index contributed by atoms with van der Waals surface area (Å²) >= 11 is 6.49. The van der Waals surface area contributed by atoms with E-state index in [1.54, 1.807) is 13.1 Å². The van der Waals surface area contributed by atoms with E-state index in [0.717, 1.165) is 0 Å². The molecule has 0 aliphatic rings. The molecule has 0 bridgehead atoms. The van der Waals surface area contributed by atoms with Gasteiger partial charge >= 0.3 is 0 Å². The zero-order valence-corrected chi connectivity index (χ0v) is 13.5. The van der Waals surface area contributed by atoms with Crippen LogP contribution in [0.25, 0.3) is 0 Å². The van der Waals surface area contributed by atoms with Gasteiger partial charge in [-0.2, -0.15) is 0 Å². The molecule has 0 fully saturated rings. The Morgan fingerprint density at radius 2 is 2.23 bits per heavy atom. The first-order valence-electron chi connectivity index (χ1n) is 6.65. The molecular formula is C14H15F2N3OS2. The Balaban J connectivity index is 1.91. The van der Waals surface area contributed by atoms with E-state index in [0.29, 0.717) is 23.4 Å². The van der Waals surface area contributed by atoms with E-state index in [4.69, 9.17) is 17.0 Å². The van der Waals surface area contributed by atoms with Crippen molar-refractivity contribution in [1.29, 1.82) is 0 Å². The summed E-state index contributed by atoms with van der Waals surface area (Å²) in [4.78, 5) is 4.03. The molecule has 1 heterocycles. The lowest BCUT2D eigenvalue weighted by Gasteiger charge is -2.11. The Morgan fingerprint density at radius 3 is 2.91 bits per heavy atom. The smallest absolute Gasteiger partial charge is 0.188 e. The van der Waals surface area contributed by atoms with Gasteiger partial charge in [0.2, 0.25) is 0 Å². The molecule has 4 nitrogen and oxygen atoms in total. The number of benzene rings is 1. The van der Waals surface area contributed by atoms with Gasteiger partial charge in [-0.3, -0.25) is 0 Å². The molecule has 2 rings (SSSR count). The summed E-state index contributed by atoms with van der Waals surface area (Å²) in [5, 5.41) is 8.61. The zero-order valence-electron chi connectivity index (χ0n) is 11.9. The fraction of sp³-hybridized carbons (Fsp3) is 0.286. The molecule has 0 radical (unpaired) electrons. The predicted molar refractivity (Wildman–Crippen MR) is 87.6 cm³/mol. The zero-order chi connectivity index (χ0) is 15.9. The molecular weight excluding hydrogens is 328 g/mol. The quantitative estimate of drug-likeness (QED) is 0.788. The third-order valence-electron chi connectivity index (χ3n) is 2.76. The van der Waals surface area contributed by atoms with Crippen molar-refractivity contribution in [2.75, 3.05) is 18.5 Å². The van der Waals surface area contributed by atoms with Gasteiger partial charge < -0.3 is 15.4 Å². The SMILES string of the molecule is CCOc1ccc(F)c(CCNC(=S)Nc2nccs2)c1F. The average molecular weight is 343 g/mol. The van der Waals surface area contributed by atoms with Crippen LogP contribution in [0.2, 0.25) is 0 Å². The van der Waals surface area contributed by atoms with Crippen LogP contribution in [0.3, 0.4) is 0 Å². The highest BCUT2D eigenvalue weighted by Crippen LogP contribution is 2.23. The van der Waals surface area contributed by atoms with Gasteiger partial charge in [0.15, 0.2) is 21.8 Å². The highest BCUT2D eigenvalue weighted by atomic mass is 32.1. The third-order valence-corrected chi connectivity index (χ3v) is 3.70. The second kappa shape index (κ2) is 8.00. The Kier molecular flexibility index (Phi) is 6.02. The van der Waals surface area contributed by atoms with E-state index in [1.807, 2.05) is 5.38 Å².